The van der Waals surface area contributed by atoms with Crippen molar-refractivity contribution < 1.29 is 13.9 Å². The molecule has 0 aliphatic heterocycles. The van der Waals surface area contributed by atoms with Crippen LogP contribution in [0.15, 0.2) is 65.8 Å². The molecule has 0 saturated heterocycles. The molecule has 2 aromatic heterocycles. The molecule has 35 heavy (non-hydrogen) atoms. The number of ether oxygens (including phenoxy) is 2. The lowest BCUT2D eigenvalue weighted by Crippen LogP contribution is -2.02. The number of hydrogen-bond acceptors (Lipinski definition) is 7. The number of para-hydroxylation sites is 1. The normalized spacial score (nSPS) is 11.4. The van der Waals surface area contributed by atoms with Crippen molar-refractivity contribution in [3.63, 3.8) is 0 Å². The number of halogens is 2. The van der Waals surface area contributed by atoms with E-state index in [1.54, 1.807) is 36.5 Å². The molecule has 1 N–H and O–H groups in total. The summed E-state index contributed by atoms with van der Waals surface area (Å²) in [4.78, 5) is 4.54. The van der Waals surface area contributed by atoms with E-state index < -0.39 is 5.82 Å². The molecule has 0 aliphatic rings. The molecule has 0 aliphatic carbocycles. The van der Waals surface area contributed by atoms with Gasteiger partial charge in [0, 0.05) is 18.0 Å². The van der Waals surface area contributed by atoms with Crippen LogP contribution in [0.1, 0.15) is 11.1 Å². The summed E-state index contributed by atoms with van der Waals surface area (Å²) in [5.41, 5.74) is 6.29. The van der Waals surface area contributed by atoms with Gasteiger partial charge in [0.1, 0.15) is 17.9 Å². The van der Waals surface area contributed by atoms with Gasteiger partial charge in [0.05, 0.1) is 23.9 Å². The van der Waals surface area contributed by atoms with E-state index in [1.807, 2.05) is 35.9 Å². The smallest absolute Gasteiger partial charge is 0.265 e. The highest BCUT2D eigenvalue weighted by atomic mass is 35.5. The van der Waals surface area contributed by atoms with Crippen LogP contribution >= 0.6 is 11.6 Å². The number of benzene rings is 3. The molecule has 176 valence electrons. The van der Waals surface area contributed by atoms with E-state index in [9.17, 15) is 4.39 Å². The van der Waals surface area contributed by atoms with Gasteiger partial charge in [-0.25, -0.2) is 9.82 Å². The molecule has 2 heterocycles. The molecular weight excluding hydrogens is 471 g/mol. The maximum atomic E-state index is 14.0. The Labute approximate surface area is 205 Å². The summed E-state index contributed by atoms with van der Waals surface area (Å²) in [5, 5.41) is 13.9. The van der Waals surface area contributed by atoms with E-state index >= 15 is 0 Å². The third-order valence-electron chi connectivity index (χ3n) is 5.51. The van der Waals surface area contributed by atoms with E-state index in [1.165, 1.54) is 13.2 Å². The standard InChI is InChI=1S/C25H20ClFN6O2/c1-33-20-9-4-3-6-16(20)23-24(33)29-25(32-30-23)31-28-13-15-10-11-21(22(12-15)34-2)35-14-17-18(26)7-5-8-19(17)27/h3-13H,14H2,1-2H3,(H,29,31,32)/b28-13+. The average Bonchev–Trinajstić information content (AvgIpc) is 3.16. The summed E-state index contributed by atoms with van der Waals surface area (Å²) in [6.07, 6.45) is 1.59. The zero-order valence-corrected chi connectivity index (χ0v) is 19.6. The molecule has 0 amide bonds. The minimum absolute atomic E-state index is 0.0299. The summed E-state index contributed by atoms with van der Waals surface area (Å²) in [5.74, 6) is 0.764. The van der Waals surface area contributed by atoms with Gasteiger partial charge in [-0.05, 0) is 42.0 Å². The summed E-state index contributed by atoms with van der Waals surface area (Å²) < 4.78 is 27.1. The molecule has 0 saturated carbocycles. The van der Waals surface area contributed by atoms with Gasteiger partial charge in [-0.3, -0.25) is 0 Å². The lowest BCUT2D eigenvalue weighted by Gasteiger charge is -2.12. The highest BCUT2D eigenvalue weighted by Crippen LogP contribution is 2.30. The number of fused-ring (bicyclic) bond motifs is 3. The van der Waals surface area contributed by atoms with E-state index in [0.29, 0.717) is 22.2 Å². The van der Waals surface area contributed by atoms with Crippen LogP contribution in [0.3, 0.4) is 0 Å². The molecule has 0 unspecified atom stereocenters. The second-order valence-electron chi connectivity index (χ2n) is 7.65. The van der Waals surface area contributed by atoms with Gasteiger partial charge in [-0.2, -0.15) is 10.1 Å². The maximum absolute atomic E-state index is 14.0. The van der Waals surface area contributed by atoms with Crippen LogP contribution in [-0.4, -0.2) is 33.1 Å². The fourth-order valence-electron chi connectivity index (χ4n) is 3.72. The number of nitrogens with zero attached hydrogens (tertiary/aromatic N) is 5. The highest BCUT2D eigenvalue weighted by Gasteiger charge is 2.12. The molecule has 5 rings (SSSR count). The van der Waals surface area contributed by atoms with Crippen molar-refractivity contribution in [2.45, 2.75) is 6.61 Å². The Balaban J connectivity index is 1.30. The first-order valence-electron chi connectivity index (χ1n) is 10.7. The van der Waals surface area contributed by atoms with Crippen LogP contribution in [0.5, 0.6) is 11.5 Å². The summed E-state index contributed by atoms with van der Waals surface area (Å²) >= 11 is 6.07. The molecule has 0 radical (unpaired) electrons. The Kier molecular flexibility index (Phi) is 6.15. The van der Waals surface area contributed by atoms with Crippen molar-refractivity contribution in [1.82, 2.24) is 19.7 Å². The number of hydrogen-bond donors (Lipinski definition) is 1. The minimum Gasteiger partial charge on any atom is -0.493 e. The number of aryl methyl sites for hydroxylation is 1. The van der Waals surface area contributed by atoms with Gasteiger partial charge in [0.25, 0.3) is 5.95 Å². The van der Waals surface area contributed by atoms with Crippen LogP contribution in [0, 0.1) is 5.82 Å². The third kappa shape index (κ3) is 4.45. The number of methoxy groups -OCH3 is 1. The monoisotopic (exact) mass is 490 g/mol. The summed E-state index contributed by atoms with van der Waals surface area (Å²) in [6.45, 7) is -0.0299. The number of nitrogens with one attached hydrogen (secondary N) is 1. The van der Waals surface area contributed by atoms with Crippen molar-refractivity contribution in [3.05, 3.63) is 82.6 Å². The molecule has 0 spiro atoms. The molecule has 8 nitrogen and oxygen atoms in total. The van der Waals surface area contributed by atoms with Crippen molar-refractivity contribution in [2.75, 3.05) is 12.5 Å². The second-order valence-corrected chi connectivity index (χ2v) is 8.06. The summed E-state index contributed by atoms with van der Waals surface area (Å²) in [7, 11) is 3.46. The Morgan fingerprint density at radius 3 is 2.77 bits per heavy atom. The Bertz CT molecular complexity index is 1550. The van der Waals surface area contributed by atoms with Crippen LogP contribution in [0.25, 0.3) is 22.1 Å². The maximum Gasteiger partial charge on any atom is 0.265 e. The van der Waals surface area contributed by atoms with Gasteiger partial charge in [0.15, 0.2) is 17.1 Å². The molecule has 0 fully saturated rings. The van der Waals surface area contributed by atoms with Crippen molar-refractivity contribution in [1.29, 1.82) is 0 Å². The first kappa shape index (κ1) is 22.5. The Morgan fingerprint density at radius 1 is 1.09 bits per heavy atom. The first-order valence-corrected chi connectivity index (χ1v) is 11.0. The lowest BCUT2D eigenvalue weighted by atomic mass is 10.2. The van der Waals surface area contributed by atoms with Gasteiger partial charge in [0.2, 0.25) is 0 Å². The summed E-state index contributed by atoms with van der Waals surface area (Å²) in [6, 6.07) is 17.7. The molecule has 0 atom stereocenters. The van der Waals surface area contributed by atoms with E-state index in [0.717, 1.165) is 22.0 Å². The Morgan fingerprint density at radius 2 is 1.94 bits per heavy atom. The zero-order chi connectivity index (χ0) is 24.4. The van der Waals surface area contributed by atoms with Crippen LogP contribution in [0.2, 0.25) is 5.02 Å². The largest absolute Gasteiger partial charge is 0.493 e. The second kappa shape index (κ2) is 9.55. The highest BCUT2D eigenvalue weighted by molar-refractivity contribution is 6.31. The van der Waals surface area contributed by atoms with E-state index in [2.05, 4.69) is 25.7 Å². The quantitative estimate of drug-likeness (QED) is 0.245. The van der Waals surface area contributed by atoms with Crippen LogP contribution in [-0.2, 0) is 13.7 Å². The van der Waals surface area contributed by atoms with Crippen molar-refractivity contribution in [2.24, 2.45) is 12.1 Å². The number of aromatic nitrogens is 4. The van der Waals surface area contributed by atoms with Crippen LogP contribution < -0.4 is 14.9 Å². The zero-order valence-electron chi connectivity index (χ0n) is 18.9. The van der Waals surface area contributed by atoms with Gasteiger partial charge in [-0.15, -0.1) is 10.2 Å². The molecule has 0 bridgehead atoms. The fraction of sp³-hybridized carbons (Fsp3) is 0.120. The number of rotatable bonds is 7. The predicted molar refractivity (Wildman–Crippen MR) is 134 cm³/mol. The predicted octanol–water partition coefficient (Wildman–Crippen LogP) is 5.34. The first-order chi connectivity index (χ1) is 17.0. The fourth-order valence-corrected chi connectivity index (χ4v) is 3.94. The Hall–Kier alpha value is -4.24. The van der Waals surface area contributed by atoms with E-state index in [-0.39, 0.29) is 18.1 Å². The molecule has 10 heteroatoms. The molecule has 5 aromatic rings. The molecule has 3 aromatic carbocycles. The van der Waals surface area contributed by atoms with Crippen molar-refractivity contribution in [3.8, 4) is 11.5 Å². The van der Waals surface area contributed by atoms with Gasteiger partial charge in [-0.1, -0.05) is 35.9 Å². The van der Waals surface area contributed by atoms with Crippen molar-refractivity contribution >= 4 is 45.8 Å². The molecular formula is C25H20ClFN6O2. The number of anilines is 1. The number of hydrazone groups is 1. The van der Waals surface area contributed by atoms with Gasteiger partial charge < -0.3 is 14.0 Å². The SMILES string of the molecule is COc1cc(/C=N/Nc2nnc3c4ccccc4n(C)c3n2)ccc1OCc1c(F)cccc1Cl. The van der Waals surface area contributed by atoms with Crippen LogP contribution in [0.4, 0.5) is 10.3 Å². The average molecular weight is 491 g/mol. The topological polar surface area (TPSA) is 86.5 Å². The minimum atomic E-state index is -0.426. The lowest BCUT2D eigenvalue weighted by molar-refractivity contribution is 0.280. The van der Waals surface area contributed by atoms with Gasteiger partial charge >= 0.3 is 0 Å². The van der Waals surface area contributed by atoms with E-state index in [4.69, 9.17) is 21.1 Å². The third-order valence-corrected chi connectivity index (χ3v) is 5.86.